The summed E-state index contributed by atoms with van der Waals surface area (Å²) >= 11 is 0. The highest BCUT2D eigenvalue weighted by Crippen LogP contribution is 2.39. The highest BCUT2D eigenvalue weighted by molar-refractivity contribution is 5.01. The van der Waals surface area contributed by atoms with Crippen LogP contribution >= 0.6 is 0 Å². The third kappa shape index (κ3) is 4.67. The molecule has 21 heavy (non-hydrogen) atoms. The van der Waals surface area contributed by atoms with E-state index in [9.17, 15) is 13.2 Å². The Hall–Kier alpha value is -1.15. The van der Waals surface area contributed by atoms with Crippen molar-refractivity contribution in [1.82, 2.24) is 15.5 Å². The molecule has 120 valence electrons. The first-order valence-corrected chi connectivity index (χ1v) is 6.98. The van der Waals surface area contributed by atoms with Gasteiger partial charge in [-0.2, -0.15) is 18.2 Å². The van der Waals surface area contributed by atoms with Gasteiger partial charge >= 0.3 is 6.18 Å². The van der Waals surface area contributed by atoms with Crippen molar-refractivity contribution in [1.29, 1.82) is 0 Å². The lowest BCUT2D eigenvalue weighted by molar-refractivity contribution is -0.173. The molecule has 1 aliphatic rings. The summed E-state index contributed by atoms with van der Waals surface area (Å²) in [5.74, 6) is 0.862. The number of rotatable bonds is 5. The molecule has 1 aliphatic heterocycles. The number of hydrogen-bond donors (Lipinski definition) is 1. The van der Waals surface area contributed by atoms with Crippen molar-refractivity contribution in [2.75, 3.05) is 19.8 Å². The van der Waals surface area contributed by atoms with Gasteiger partial charge in [0, 0.05) is 6.42 Å². The van der Waals surface area contributed by atoms with Crippen molar-refractivity contribution in [2.24, 2.45) is 5.41 Å². The van der Waals surface area contributed by atoms with Crippen LogP contribution in [-0.2, 0) is 11.2 Å². The van der Waals surface area contributed by atoms with E-state index in [-0.39, 0.29) is 24.5 Å². The van der Waals surface area contributed by atoms with Crippen molar-refractivity contribution >= 4 is 0 Å². The Labute approximate surface area is 121 Å². The molecule has 1 atom stereocenters. The Balaban J connectivity index is 1.86. The van der Waals surface area contributed by atoms with Gasteiger partial charge in [0.15, 0.2) is 5.82 Å². The number of nitrogens with one attached hydrogen (secondary N) is 1. The van der Waals surface area contributed by atoms with E-state index in [0.29, 0.717) is 11.7 Å². The normalized spacial score (nSPS) is 22.4. The monoisotopic (exact) mass is 307 g/mol. The van der Waals surface area contributed by atoms with Crippen LogP contribution in [0.2, 0.25) is 0 Å². The number of piperidine rings is 1. The van der Waals surface area contributed by atoms with Crippen molar-refractivity contribution in [3.05, 3.63) is 11.7 Å². The van der Waals surface area contributed by atoms with Crippen molar-refractivity contribution in [2.45, 2.75) is 45.3 Å². The molecule has 8 heteroatoms. The largest absolute Gasteiger partial charge is 0.411 e. The minimum absolute atomic E-state index is 0.00877. The average Bonchev–Trinajstić information content (AvgIpc) is 2.81. The molecular formula is C13H20F3N3O2. The van der Waals surface area contributed by atoms with Gasteiger partial charge in [-0.15, -0.1) is 0 Å². The van der Waals surface area contributed by atoms with Crippen LogP contribution in [0, 0.1) is 5.41 Å². The van der Waals surface area contributed by atoms with Crippen molar-refractivity contribution in [3.63, 3.8) is 0 Å². The summed E-state index contributed by atoms with van der Waals surface area (Å²) in [5, 5.41) is 7.15. The Kier molecular flexibility index (Phi) is 4.88. The molecule has 1 N–H and O–H groups in total. The van der Waals surface area contributed by atoms with Gasteiger partial charge in [0.2, 0.25) is 5.89 Å². The molecule has 0 aliphatic carbocycles. The summed E-state index contributed by atoms with van der Waals surface area (Å²) in [6.45, 7) is 3.80. The summed E-state index contributed by atoms with van der Waals surface area (Å²) in [7, 11) is 0. The van der Waals surface area contributed by atoms with Gasteiger partial charge in [-0.1, -0.05) is 19.0 Å². The van der Waals surface area contributed by atoms with Crippen LogP contribution in [0.5, 0.6) is 0 Å². The summed E-state index contributed by atoms with van der Waals surface area (Å²) in [6.07, 6.45) is -1.96. The third-order valence-electron chi connectivity index (χ3n) is 3.59. The van der Waals surface area contributed by atoms with E-state index >= 15 is 0 Å². The van der Waals surface area contributed by atoms with Crippen molar-refractivity contribution in [3.8, 4) is 0 Å². The molecule has 2 heterocycles. The lowest BCUT2D eigenvalue weighted by Gasteiger charge is -2.36. The number of ether oxygens (including phenoxy) is 1. The molecule has 0 bridgehead atoms. The van der Waals surface area contributed by atoms with Gasteiger partial charge in [-0.05, 0) is 24.8 Å². The molecule has 5 nitrogen and oxygen atoms in total. The van der Waals surface area contributed by atoms with E-state index in [0.717, 1.165) is 19.4 Å². The predicted octanol–water partition coefficient (Wildman–Crippen LogP) is 2.64. The predicted molar refractivity (Wildman–Crippen MR) is 68.6 cm³/mol. The number of halogens is 3. The van der Waals surface area contributed by atoms with Crippen LogP contribution in [0.25, 0.3) is 0 Å². The number of hydrogen-bond acceptors (Lipinski definition) is 5. The van der Waals surface area contributed by atoms with Crippen LogP contribution in [0.3, 0.4) is 0 Å². The molecule has 2 rings (SSSR count). The van der Waals surface area contributed by atoms with Gasteiger partial charge in [0.25, 0.3) is 0 Å². The molecule has 1 aromatic heterocycles. The van der Waals surface area contributed by atoms with Crippen LogP contribution in [-0.4, -0.2) is 36.1 Å². The van der Waals surface area contributed by atoms with E-state index in [2.05, 4.69) is 34.0 Å². The first-order valence-electron chi connectivity index (χ1n) is 6.98. The SMILES string of the molecule is CC1(C)CCCNC1c1nc(CCOCC(F)(F)F)no1. The topological polar surface area (TPSA) is 60.2 Å². The molecule has 1 unspecified atom stereocenters. The molecule has 0 radical (unpaired) electrons. The minimum atomic E-state index is -4.31. The number of alkyl halides is 3. The number of nitrogens with zero attached hydrogens (tertiary/aromatic N) is 2. The van der Waals surface area contributed by atoms with E-state index < -0.39 is 12.8 Å². The fraction of sp³-hybridized carbons (Fsp3) is 0.846. The molecule has 1 saturated heterocycles. The first-order chi connectivity index (χ1) is 9.78. The molecule has 0 spiro atoms. The molecular weight excluding hydrogens is 287 g/mol. The molecule has 0 aromatic carbocycles. The van der Waals surface area contributed by atoms with Gasteiger partial charge in [-0.3, -0.25) is 0 Å². The Bertz CT molecular complexity index is 460. The lowest BCUT2D eigenvalue weighted by Crippen LogP contribution is -2.39. The van der Waals surface area contributed by atoms with Crippen LogP contribution < -0.4 is 5.32 Å². The molecule has 0 amide bonds. The van der Waals surface area contributed by atoms with Crippen molar-refractivity contribution < 1.29 is 22.4 Å². The Morgan fingerprint density at radius 1 is 1.43 bits per heavy atom. The van der Waals surface area contributed by atoms with Gasteiger partial charge in [0.1, 0.15) is 6.61 Å². The summed E-state index contributed by atoms with van der Waals surface area (Å²) in [6, 6.07) is -0.0245. The molecule has 0 saturated carbocycles. The van der Waals surface area contributed by atoms with Crippen LogP contribution in [0.4, 0.5) is 13.2 Å². The average molecular weight is 307 g/mol. The maximum atomic E-state index is 11.9. The maximum Gasteiger partial charge on any atom is 0.411 e. The highest BCUT2D eigenvalue weighted by atomic mass is 19.4. The summed E-state index contributed by atoms with van der Waals surface area (Å²) in [5.41, 5.74) is 0.00877. The zero-order chi connectivity index (χ0) is 15.5. The summed E-state index contributed by atoms with van der Waals surface area (Å²) < 4.78 is 45.6. The Morgan fingerprint density at radius 2 is 2.19 bits per heavy atom. The number of aromatic nitrogens is 2. The van der Waals surface area contributed by atoms with E-state index in [1.54, 1.807) is 0 Å². The fourth-order valence-corrected chi connectivity index (χ4v) is 2.47. The van der Waals surface area contributed by atoms with E-state index in [1.807, 2.05) is 0 Å². The zero-order valence-electron chi connectivity index (χ0n) is 12.2. The maximum absolute atomic E-state index is 11.9. The molecule has 1 aromatic rings. The third-order valence-corrected chi connectivity index (χ3v) is 3.59. The second kappa shape index (κ2) is 6.31. The minimum Gasteiger partial charge on any atom is -0.372 e. The molecule has 1 fully saturated rings. The highest BCUT2D eigenvalue weighted by Gasteiger charge is 2.37. The van der Waals surface area contributed by atoms with Gasteiger partial charge in [0.05, 0.1) is 12.6 Å². The summed E-state index contributed by atoms with van der Waals surface area (Å²) in [4.78, 5) is 4.26. The lowest BCUT2D eigenvalue weighted by atomic mass is 9.77. The fourth-order valence-electron chi connectivity index (χ4n) is 2.47. The Morgan fingerprint density at radius 3 is 2.86 bits per heavy atom. The first kappa shape index (κ1) is 16.2. The van der Waals surface area contributed by atoms with Gasteiger partial charge in [-0.25, -0.2) is 0 Å². The van der Waals surface area contributed by atoms with Crippen LogP contribution in [0.15, 0.2) is 4.52 Å². The second-order valence-electron chi connectivity index (χ2n) is 5.95. The second-order valence-corrected chi connectivity index (χ2v) is 5.95. The van der Waals surface area contributed by atoms with E-state index in [4.69, 9.17) is 4.52 Å². The quantitative estimate of drug-likeness (QED) is 0.847. The van der Waals surface area contributed by atoms with E-state index in [1.165, 1.54) is 0 Å². The smallest absolute Gasteiger partial charge is 0.372 e. The van der Waals surface area contributed by atoms with Gasteiger partial charge < -0.3 is 14.6 Å². The standard InChI is InChI=1S/C13H20F3N3O2/c1-12(2)5-3-6-17-10(12)11-18-9(19-21-11)4-7-20-8-13(14,15)16/h10,17H,3-8H2,1-2H3. The van der Waals surface area contributed by atoms with Crippen LogP contribution in [0.1, 0.15) is 44.4 Å². The zero-order valence-corrected chi connectivity index (χ0v) is 12.2.